The maximum atomic E-state index is 12.5. The number of aliphatic hydroxyl groups excluding tert-OH is 2. The van der Waals surface area contributed by atoms with Gasteiger partial charge < -0.3 is 35.5 Å². The summed E-state index contributed by atoms with van der Waals surface area (Å²) in [5.41, 5.74) is 1.09. The fourth-order valence-electron chi connectivity index (χ4n) is 3.82. The van der Waals surface area contributed by atoms with Crippen molar-refractivity contribution >= 4 is 22.9 Å². The highest BCUT2D eigenvalue weighted by Crippen LogP contribution is 2.24. The first-order valence-corrected chi connectivity index (χ1v) is 9.39. The fraction of sp³-hybridized carbons (Fsp3) is 0.647. The number of aromatic nitrogens is 4. The van der Waals surface area contributed by atoms with E-state index in [9.17, 15) is 15.0 Å². The number of carbonyl (C=O) groups is 1. The molecule has 2 saturated heterocycles. The number of H-pyrrole nitrogens is 1. The zero-order valence-corrected chi connectivity index (χ0v) is 15.6. The molecule has 11 nitrogen and oxygen atoms in total. The molecule has 0 unspecified atom stereocenters. The highest BCUT2D eigenvalue weighted by Gasteiger charge is 2.39. The second-order valence-corrected chi connectivity index (χ2v) is 7.41. The fourth-order valence-corrected chi connectivity index (χ4v) is 3.82. The molecule has 2 fully saturated rings. The molecule has 152 valence electrons. The lowest BCUT2D eigenvalue weighted by Crippen LogP contribution is -2.58. The van der Waals surface area contributed by atoms with Crippen LogP contribution in [0.3, 0.4) is 0 Å². The molecule has 0 aromatic carbocycles. The van der Waals surface area contributed by atoms with Crippen molar-refractivity contribution < 1.29 is 19.7 Å². The Balaban J connectivity index is 1.42. The van der Waals surface area contributed by atoms with Crippen molar-refractivity contribution in [3.63, 3.8) is 0 Å². The predicted octanol–water partition coefficient (Wildman–Crippen LogP) is -1.33. The van der Waals surface area contributed by atoms with Gasteiger partial charge in [-0.15, -0.1) is 0 Å². The van der Waals surface area contributed by atoms with Crippen molar-refractivity contribution in [1.82, 2.24) is 30.2 Å². The molecular formula is C17H25N7O4. The third kappa shape index (κ3) is 3.78. The molecular weight excluding hydrogens is 366 g/mol. The molecule has 11 heteroatoms. The van der Waals surface area contributed by atoms with Crippen LogP contribution in [0.25, 0.3) is 11.2 Å². The Hall–Kier alpha value is -2.34. The number of anilines is 1. The van der Waals surface area contributed by atoms with E-state index in [0.29, 0.717) is 23.5 Å². The summed E-state index contributed by atoms with van der Waals surface area (Å²) in [4.78, 5) is 29.8. The summed E-state index contributed by atoms with van der Waals surface area (Å²) in [6.45, 7) is 1.33. The molecule has 5 N–H and O–H groups in total. The molecule has 2 aromatic rings. The predicted molar refractivity (Wildman–Crippen MR) is 99.2 cm³/mol. The standard InChI is InChI=1S/C17H25N7O4/c1-24-3-2-9(5-24)16(27)22-10-4-11(26)17(28-12(10)6-25)23-15-13-14(19-7-18-13)20-8-21-15/h7-12,17,25-26H,2-6H2,1H3,(H,22,27)(H2,18,19,20,21,23)/t9-,10-,11+,12+,17+/m1/s1. The number of nitrogens with one attached hydrogen (secondary N) is 3. The molecule has 4 heterocycles. The SMILES string of the molecule is CN1CC[C@@H](C(=O)N[C@@H]2C[C@H](O)[C@@H](Nc3ncnc4nc[nH]c34)O[C@H]2CO)C1. The number of imidazole rings is 1. The molecule has 28 heavy (non-hydrogen) atoms. The number of hydrogen-bond acceptors (Lipinski definition) is 9. The number of carbonyl (C=O) groups excluding carboxylic acids is 1. The number of likely N-dealkylation sites (tertiary alicyclic amines) is 1. The number of amides is 1. The quantitative estimate of drug-likeness (QED) is 0.418. The van der Waals surface area contributed by atoms with E-state index in [4.69, 9.17) is 4.74 Å². The lowest BCUT2D eigenvalue weighted by Gasteiger charge is -2.39. The largest absolute Gasteiger partial charge is 0.394 e. The summed E-state index contributed by atoms with van der Waals surface area (Å²) in [5.74, 6) is 0.303. The monoisotopic (exact) mass is 391 g/mol. The van der Waals surface area contributed by atoms with Gasteiger partial charge in [0.05, 0.1) is 24.9 Å². The van der Waals surface area contributed by atoms with Gasteiger partial charge in [-0.2, -0.15) is 0 Å². The minimum absolute atomic E-state index is 0.0648. The van der Waals surface area contributed by atoms with Gasteiger partial charge in [0, 0.05) is 13.0 Å². The van der Waals surface area contributed by atoms with Gasteiger partial charge in [0.1, 0.15) is 24.1 Å². The summed E-state index contributed by atoms with van der Waals surface area (Å²) >= 11 is 0. The van der Waals surface area contributed by atoms with Crippen molar-refractivity contribution in [2.24, 2.45) is 5.92 Å². The van der Waals surface area contributed by atoms with Crippen LogP contribution in [0.1, 0.15) is 12.8 Å². The summed E-state index contributed by atoms with van der Waals surface area (Å²) in [5, 5.41) is 26.3. The second-order valence-electron chi connectivity index (χ2n) is 7.41. The van der Waals surface area contributed by atoms with Gasteiger partial charge in [0.15, 0.2) is 17.7 Å². The minimum atomic E-state index is -0.896. The third-order valence-corrected chi connectivity index (χ3v) is 5.39. The van der Waals surface area contributed by atoms with Crippen LogP contribution in [0.4, 0.5) is 5.82 Å². The Kier molecular flexibility index (Phi) is 5.40. The lowest BCUT2D eigenvalue weighted by molar-refractivity contribution is -0.144. The molecule has 1 amide bonds. The van der Waals surface area contributed by atoms with Crippen LogP contribution in [0.15, 0.2) is 12.7 Å². The summed E-state index contributed by atoms with van der Waals surface area (Å²) in [7, 11) is 1.98. The van der Waals surface area contributed by atoms with Crippen LogP contribution < -0.4 is 10.6 Å². The van der Waals surface area contributed by atoms with Gasteiger partial charge >= 0.3 is 0 Å². The van der Waals surface area contributed by atoms with E-state index in [0.717, 1.165) is 13.0 Å². The van der Waals surface area contributed by atoms with Gasteiger partial charge in [-0.25, -0.2) is 15.0 Å². The van der Waals surface area contributed by atoms with E-state index < -0.39 is 24.5 Å². The Labute approximate surface area is 161 Å². The number of aliphatic hydroxyl groups is 2. The molecule has 2 aromatic heterocycles. The zero-order chi connectivity index (χ0) is 19.7. The highest BCUT2D eigenvalue weighted by atomic mass is 16.5. The minimum Gasteiger partial charge on any atom is -0.394 e. The van der Waals surface area contributed by atoms with Gasteiger partial charge in [-0.1, -0.05) is 0 Å². The summed E-state index contributed by atoms with van der Waals surface area (Å²) in [6, 6.07) is -0.464. The van der Waals surface area contributed by atoms with Crippen LogP contribution in [0, 0.1) is 5.92 Å². The van der Waals surface area contributed by atoms with Crippen LogP contribution >= 0.6 is 0 Å². The smallest absolute Gasteiger partial charge is 0.224 e. The van der Waals surface area contributed by atoms with Gasteiger partial charge in [0.25, 0.3) is 0 Å². The molecule has 2 aliphatic heterocycles. The van der Waals surface area contributed by atoms with Gasteiger partial charge in [0.2, 0.25) is 5.91 Å². The molecule has 0 spiro atoms. The summed E-state index contributed by atoms with van der Waals surface area (Å²) in [6.07, 6.45) is 1.62. The molecule has 0 saturated carbocycles. The van der Waals surface area contributed by atoms with Crippen LogP contribution in [-0.4, -0.2) is 92.2 Å². The van der Waals surface area contributed by atoms with Crippen molar-refractivity contribution in [3.05, 3.63) is 12.7 Å². The van der Waals surface area contributed by atoms with Crippen LogP contribution in [0.5, 0.6) is 0 Å². The van der Waals surface area contributed by atoms with Crippen molar-refractivity contribution in [2.45, 2.75) is 37.3 Å². The number of nitrogens with zero attached hydrogens (tertiary/aromatic N) is 4. The number of ether oxygens (including phenoxy) is 1. The normalized spacial score (nSPS) is 31.2. The first-order valence-electron chi connectivity index (χ1n) is 9.39. The Morgan fingerprint density at radius 3 is 3.04 bits per heavy atom. The molecule has 4 rings (SSSR count). The van der Waals surface area contributed by atoms with Gasteiger partial charge in [-0.3, -0.25) is 4.79 Å². The van der Waals surface area contributed by atoms with E-state index >= 15 is 0 Å². The first kappa shape index (κ1) is 19.0. The Bertz CT molecular complexity index is 831. The molecule has 0 bridgehead atoms. The molecule has 0 radical (unpaired) electrons. The average Bonchev–Trinajstić information content (AvgIpc) is 3.33. The summed E-state index contributed by atoms with van der Waals surface area (Å²) < 4.78 is 5.84. The number of aromatic amines is 1. The average molecular weight is 391 g/mol. The molecule has 0 aliphatic carbocycles. The van der Waals surface area contributed by atoms with Crippen molar-refractivity contribution in [3.8, 4) is 0 Å². The highest BCUT2D eigenvalue weighted by molar-refractivity contribution is 5.82. The zero-order valence-electron chi connectivity index (χ0n) is 15.6. The van der Waals surface area contributed by atoms with E-state index in [1.54, 1.807) is 0 Å². The van der Waals surface area contributed by atoms with Crippen molar-refractivity contribution in [1.29, 1.82) is 0 Å². The molecule has 5 atom stereocenters. The van der Waals surface area contributed by atoms with E-state index in [1.165, 1.54) is 12.7 Å². The molecule has 2 aliphatic rings. The van der Waals surface area contributed by atoms with Gasteiger partial charge in [-0.05, 0) is 20.0 Å². The van der Waals surface area contributed by atoms with E-state index in [-0.39, 0.29) is 24.9 Å². The Morgan fingerprint density at radius 2 is 2.29 bits per heavy atom. The number of rotatable bonds is 5. The third-order valence-electron chi connectivity index (χ3n) is 5.39. The Morgan fingerprint density at radius 1 is 1.43 bits per heavy atom. The van der Waals surface area contributed by atoms with Crippen molar-refractivity contribution in [2.75, 3.05) is 32.1 Å². The number of fused-ring (bicyclic) bond motifs is 1. The van der Waals surface area contributed by atoms with E-state index in [1.807, 2.05) is 7.05 Å². The maximum Gasteiger partial charge on any atom is 0.224 e. The topological polar surface area (TPSA) is 149 Å². The maximum absolute atomic E-state index is 12.5. The lowest BCUT2D eigenvalue weighted by atomic mass is 9.97. The van der Waals surface area contributed by atoms with E-state index in [2.05, 4.69) is 35.5 Å². The van der Waals surface area contributed by atoms with Crippen LogP contribution in [-0.2, 0) is 9.53 Å². The second kappa shape index (κ2) is 7.95. The first-order chi connectivity index (χ1) is 13.5. The number of hydrogen-bond donors (Lipinski definition) is 5. The van der Waals surface area contributed by atoms with Crippen LogP contribution in [0.2, 0.25) is 0 Å².